The Morgan fingerprint density at radius 1 is 1.44 bits per heavy atom. The molecule has 80 valence electrons. The number of fused-ring (bicyclic) bond motifs is 3. The van der Waals surface area contributed by atoms with E-state index < -0.39 is 5.97 Å². The Hall–Kier alpha value is -2.30. The first-order valence-electron chi connectivity index (χ1n) is 4.90. The van der Waals surface area contributed by atoms with Gasteiger partial charge in [-0.25, -0.2) is 4.98 Å². The summed E-state index contributed by atoms with van der Waals surface area (Å²) in [4.78, 5) is 18.0. The van der Waals surface area contributed by atoms with Gasteiger partial charge >= 0.3 is 5.97 Å². The van der Waals surface area contributed by atoms with Gasteiger partial charge in [0.05, 0.1) is 29.3 Å². The van der Waals surface area contributed by atoms with Crippen LogP contribution in [0, 0.1) is 0 Å². The van der Waals surface area contributed by atoms with Crippen molar-refractivity contribution in [1.82, 2.24) is 14.4 Å². The number of para-hydroxylation sites is 2. The lowest BCUT2D eigenvalue weighted by Gasteiger charge is -1.95. The number of carboxylic acid groups (broad SMARTS) is 1. The first-order valence-corrected chi connectivity index (χ1v) is 4.90. The van der Waals surface area contributed by atoms with Gasteiger partial charge in [-0.05, 0) is 12.1 Å². The van der Waals surface area contributed by atoms with Crippen molar-refractivity contribution in [2.24, 2.45) is 0 Å². The molecular weight excluding hydrogens is 206 g/mol. The molecule has 0 atom stereocenters. The first-order chi connectivity index (χ1) is 7.75. The van der Waals surface area contributed by atoms with Crippen molar-refractivity contribution < 1.29 is 9.90 Å². The highest BCUT2D eigenvalue weighted by molar-refractivity contribution is 5.80. The van der Waals surface area contributed by atoms with Crippen LogP contribution < -0.4 is 0 Å². The zero-order valence-electron chi connectivity index (χ0n) is 8.34. The summed E-state index contributed by atoms with van der Waals surface area (Å²) in [6.45, 7) is 0. The molecule has 2 heterocycles. The number of nitrogens with one attached hydrogen (secondary N) is 1. The molecule has 0 saturated heterocycles. The molecule has 1 aromatic carbocycles. The lowest BCUT2D eigenvalue weighted by atomic mass is 10.3. The molecule has 0 aliphatic carbocycles. The highest BCUT2D eigenvalue weighted by atomic mass is 16.4. The molecule has 3 rings (SSSR count). The van der Waals surface area contributed by atoms with Crippen molar-refractivity contribution in [2.75, 3.05) is 0 Å². The number of aromatic nitrogens is 3. The zero-order valence-corrected chi connectivity index (χ0v) is 8.34. The third kappa shape index (κ3) is 1.18. The average Bonchev–Trinajstić information content (AvgIpc) is 2.77. The SMILES string of the molecule is O=C(O)Cc1cnc2[nH]c3ccccc3n12. The van der Waals surface area contributed by atoms with Gasteiger partial charge < -0.3 is 10.1 Å². The Morgan fingerprint density at radius 3 is 3.06 bits per heavy atom. The number of rotatable bonds is 2. The van der Waals surface area contributed by atoms with Gasteiger partial charge in [0.2, 0.25) is 5.78 Å². The molecule has 0 aliphatic rings. The van der Waals surface area contributed by atoms with E-state index in [2.05, 4.69) is 9.97 Å². The Kier molecular flexibility index (Phi) is 1.73. The molecular formula is C11H9N3O2. The quantitative estimate of drug-likeness (QED) is 0.679. The summed E-state index contributed by atoms with van der Waals surface area (Å²) in [5.41, 5.74) is 2.59. The maximum absolute atomic E-state index is 10.7. The number of H-pyrrole nitrogens is 1. The number of aliphatic carboxylic acids is 1. The van der Waals surface area contributed by atoms with Crippen LogP contribution in [-0.2, 0) is 11.2 Å². The molecule has 16 heavy (non-hydrogen) atoms. The van der Waals surface area contributed by atoms with Gasteiger partial charge in [-0.15, -0.1) is 0 Å². The van der Waals surface area contributed by atoms with Gasteiger partial charge in [0.1, 0.15) is 0 Å². The number of carboxylic acids is 1. The molecule has 0 fully saturated rings. The molecule has 5 nitrogen and oxygen atoms in total. The molecule has 0 radical (unpaired) electrons. The molecule has 5 heteroatoms. The number of hydrogen-bond acceptors (Lipinski definition) is 2. The molecule has 2 N–H and O–H groups in total. The van der Waals surface area contributed by atoms with Crippen LogP contribution in [0.5, 0.6) is 0 Å². The van der Waals surface area contributed by atoms with Crippen LogP contribution in [0.2, 0.25) is 0 Å². The third-order valence-electron chi connectivity index (χ3n) is 2.56. The van der Waals surface area contributed by atoms with Crippen LogP contribution in [0.25, 0.3) is 16.8 Å². The van der Waals surface area contributed by atoms with Gasteiger partial charge in [-0.2, -0.15) is 0 Å². The summed E-state index contributed by atoms with van der Waals surface area (Å²) in [6.07, 6.45) is 1.56. The molecule has 3 aromatic rings. The maximum Gasteiger partial charge on any atom is 0.309 e. The summed E-state index contributed by atoms with van der Waals surface area (Å²) in [5.74, 6) is -0.176. The van der Waals surface area contributed by atoms with Crippen molar-refractivity contribution in [3.8, 4) is 0 Å². The van der Waals surface area contributed by atoms with E-state index in [9.17, 15) is 4.79 Å². The molecule has 2 aromatic heterocycles. The molecule has 0 amide bonds. The lowest BCUT2D eigenvalue weighted by Crippen LogP contribution is -2.02. The second kappa shape index (κ2) is 3.10. The summed E-state index contributed by atoms with van der Waals surface area (Å²) in [7, 11) is 0. The fraction of sp³-hybridized carbons (Fsp3) is 0.0909. The van der Waals surface area contributed by atoms with Crippen LogP contribution in [0.15, 0.2) is 30.5 Å². The topological polar surface area (TPSA) is 70.4 Å². The number of imidazole rings is 2. The number of benzene rings is 1. The third-order valence-corrected chi connectivity index (χ3v) is 2.56. The predicted octanol–water partition coefficient (Wildman–Crippen LogP) is 1.44. The number of carbonyl (C=O) groups is 1. The van der Waals surface area contributed by atoms with E-state index in [1.165, 1.54) is 0 Å². The molecule has 0 spiro atoms. The van der Waals surface area contributed by atoms with Gasteiger partial charge in [-0.3, -0.25) is 9.20 Å². The van der Waals surface area contributed by atoms with Crippen LogP contribution >= 0.6 is 0 Å². The van der Waals surface area contributed by atoms with Crippen molar-refractivity contribution >= 4 is 22.8 Å². The smallest absolute Gasteiger partial charge is 0.309 e. The summed E-state index contributed by atoms with van der Waals surface area (Å²) >= 11 is 0. The van der Waals surface area contributed by atoms with Gasteiger partial charge in [0.15, 0.2) is 0 Å². The van der Waals surface area contributed by atoms with Crippen molar-refractivity contribution in [1.29, 1.82) is 0 Å². The van der Waals surface area contributed by atoms with Crippen molar-refractivity contribution in [3.63, 3.8) is 0 Å². The largest absolute Gasteiger partial charge is 0.481 e. The van der Waals surface area contributed by atoms with E-state index in [0.29, 0.717) is 11.5 Å². The van der Waals surface area contributed by atoms with Crippen LogP contribution in [0.4, 0.5) is 0 Å². The average molecular weight is 215 g/mol. The lowest BCUT2D eigenvalue weighted by molar-refractivity contribution is -0.136. The zero-order chi connectivity index (χ0) is 11.1. The molecule has 0 saturated carbocycles. The summed E-state index contributed by atoms with van der Waals surface area (Å²) < 4.78 is 1.84. The van der Waals surface area contributed by atoms with E-state index in [1.807, 2.05) is 28.7 Å². The summed E-state index contributed by atoms with van der Waals surface area (Å²) in [5, 5.41) is 8.80. The number of aromatic amines is 1. The highest BCUT2D eigenvalue weighted by Gasteiger charge is 2.11. The fourth-order valence-electron chi connectivity index (χ4n) is 1.92. The Morgan fingerprint density at radius 2 is 2.25 bits per heavy atom. The van der Waals surface area contributed by atoms with Crippen molar-refractivity contribution in [2.45, 2.75) is 6.42 Å². The molecule has 0 bridgehead atoms. The Bertz CT molecular complexity index is 681. The number of hydrogen-bond donors (Lipinski definition) is 2. The van der Waals surface area contributed by atoms with E-state index in [-0.39, 0.29) is 6.42 Å². The van der Waals surface area contributed by atoms with Gasteiger partial charge in [-0.1, -0.05) is 12.1 Å². The minimum atomic E-state index is -0.855. The number of nitrogens with zero attached hydrogens (tertiary/aromatic N) is 2. The van der Waals surface area contributed by atoms with Crippen molar-refractivity contribution in [3.05, 3.63) is 36.2 Å². The monoisotopic (exact) mass is 215 g/mol. The first kappa shape index (κ1) is 8.96. The van der Waals surface area contributed by atoms with Gasteiger partial charge in [0.25, 0.3) is 0 Å². The van der Waals surface area contributed by atoms with Crippen LogP contribution in [-0.4, -0.2) is 25.4 Å². The predicted molar refractivity (Wildman–Crippen MR) is 58.4 cm³/mol. The molecule has 0 aliphatic heterocycles. The Labute approximate surface area is 90.3 Å². The second-order valence-electron chi connectivity index (χ2n) is 3.62. The minimum Gasteiger partial charge on any atom is -0.481 e. The van der Waals surface area contributed by atoms with E-state index in [0.717, 1.165) is 11.0 Å². The summed E-state index contributed by atoms with van der Waals surface area (Å²) in [6, 6.07) is 7.72. The normalized spacial score (nSPS) is 11.2. The minimum absolute atomic E-state index is 0.0248. The Balaban J connectivity index is 2.34. The van der Waals surface area contributed by atoms with Crippen LogP contribution in [0.1, 0.15) is 5.69 Å². The fourth-order valence-corrected chi connectivity index (χ4v) is 1.92. The second-order valence-corrected chi connectivity index (χ2v) is 3.62. The molecule has 0 unspecified atom stereocenters. The van der Waals surface area contributed by atoms with E-state index in [1.54, 1.807) is 6.20 Å². The van der Waals surface area contributed by atoms with Gasteiger partial charge in [0, 0.05) is 0 Å². The maximum atomic E-state index is 10.7. The standard InChI is InChI=1S/C11H9N3O2/c15-10(16)5-7-6-12-11-13-8-3-1-2-4-9(8)14(7)11/h1-4,6H,5H2,(H,12,13)(H,15,16). The highest BCUT2D eigenvalue weighted by Crippen LogP contribution is 2.17. The van der Waals surface area contributed by atoms with E-state index in [4.69, 9.17) is 5.11 Å². The van der Waals surface area contributed by atoms with Crippen LogP contribution in [0.3, 0.4) is 0 Å². The van der Waals surface area contributed by atoms with E-state index >= 15 is 0 Å².